The molecule has 7 nitrogen and oxygen atoms in total. The number of nitro groups is 1. The van der Waals surface area contributed by atoms with Crippen LogP contribution >= 0.6 is 0 Å². The number of nitrogens with zero attached hydrogens (tertiary/aromatic N) is 3. The molecule has 0 unspecified atom stereocenters. The van der Waals surface area contributed by atoms with Gasteiger partial charge in [0, 0.05) is 43.9 Å². The van der Waals surface area contributed by atoms with Crippen molar-refractivity contribution in [2.24, 2.45) is 0 Å². The molecule has 7 heteroatoms. The van der Waals surface area contributed by atoms with Crippen molar-refractivity contribution >= 4 is 5.69 Å². The van der Waals surface area contributed by atoms with E-state index in [1.807, 2.05) is 13.0 Å². The summed E-state index contributed by atoms with van der Waals surface area (Å²) in [7, 11) is 0. The molecule has 1 aromatic rings. The van der Waals surface area contributed by atoms with E-state index in [-0.39, 0.29) is 17.4 Å². The van der Waals surface area contributed by atoms with Gasteiger partial charge in [-0.25, -0.2) is 0 Å². The van der Waals surface area contributed by atoms with Crippen LogP contribution in [0.15, 0.2) is 12.1 Å². The third-order valence-electron chi connectivity index (χ3n) is 3.59. The summed E-state index contributed by atoms with van der Waals surface area (Å²) in [5.74, 6) is -0.347. The lowest BCUT2D eigenvalue weighted by molar-refractivity contribution is -0.386. The summed E-state index contributed by atoms with van der Waals surface area (Å²) in [6.07, 6.45) is 0. The number of phenols is 1. The minimum Gasteiger partial charge on any atom is -0.502 e. The van der Waals surface area contributed by atoms with Crippen LogP contribution in [-0.4, -0.2) is 41.1 Å². The molecule has 0 amide bonds. The maximum atomic E-state index is 11.0. The van der Waals surface area contributed by atoms with Gasteiger partial charge in [-0.1, -0.05) is 0 Å². The number of benzene rings is 1. The number of nitrogens with one attached hydrogen (secondary N) is 1. The standard InChI is InChI=1S/C13H16N4O3/c1-9(16-4-2-15-3-5-16)11-6-10(8-14)7-12(13(11)18)17(19)20/h6-7,9,15,18H,2-5H2,1H3/t9-/m0/s1. The number of nitriles is 1. The fourth-order valence-corrected chi connectivity index (χ4v) is 2.43. The lowest BCUT2D eigenvalue weighted by Crippen LogP contribution is -2.44. The van der Waals surface area contributed by atoms with Crippen molar-refractivity contribution in [1.29, 1.82) is 5.26 Å². The van der Waals surface area contributed by atoms with Crippen molar-refractivity contribution in [3.05, 3.63) is 33.4 Å². The van der Waals surface area contributed by atoms with Gasteiger partial charge in [0.1, 0.15) is 0 Å². The lowest BCUT2D eigenvalue weighted by atomic mass is 10.0. The Kier molecular flexibility index (Phi) is 4.17. The van der Waals surface area contributed by atoms with Crippen molar-refractivity contribution in [1.82, 2.24) is 10.2 Å². The number of hydrogen-bond acceptors (Lipinski definition) is 6. The van der Waals surface area contributed by atoms with Gasteiger partial charge in [0.2, 0.25) is 0 Å². The minimum atomic E-state index is -0.663. The molecule has 20 heavy (non-hydrogen) atoms. The zero-order valence-corrected chi connectivity index (χ0v) is 11.2. The molecule has 2 rings (SSSR count). The van der Waals surface area contributed by atoms with Gasteiger partial charge in [0.25, 0.3) is 0 Å². The molecule has 0 aromatic heterocycles. The molecule has 1 aliphatic heterocycles. The number of hydrogen-bond donors (Lipinski definition) is 2. The largest absolute Gasteiger partial charge is 0.502 e. The van der Waals surface area contributed by atoms with Crippen molar-refractivity contribution in [2.45, 2.75) is 13.0 Å². The van der Waals surface area contributed by atoms with Crippen LogP contribution in [0.5, 0.6) is 5.75 Å². The van der Waals surface area contributed by atoms with E-state index in [9.17, 15) is 15.2 Å². The first-order valence-corrected chi connectivity index (χ1v) is 6.40. The van der Waals surface area contributed by atoms with Crippen molar-refractivity contribution in [2.75, 3.05) is 26.2 Å². The van der Waals surface area contributed by atoms with Crippen molar-refractivity contribution < 1.29 is 10.0 Å². The highest BCUT2D eigenvalue weighted by Gasteiger charge is 2.26. The number of piperazine rings is 1. The van der Waals surface area contributed by atoms with Crippen LogP contribution in [0.3, 0.4) is 0 Å². The normalized spacial score (nSPS) is 17.4. The lowest BCUT2D eigenvalue weighted by Gasteiger charge is -2.33. The van der Waals surface area contributed by atoms with E-state index in [1.54, 1.807) is 0 Å². The second kappa shape index (κ2) is 5.86. The molecule has 1 aliphatic rings. The average Bonchev–Trinajstić information content (AvgIpc) is 2.47. The topological polar surface area (TPSA) is 102 Å². The van der Waals surface area contributed by atoms with Crippen LogP contribution in [0.25, 0.3) is 0 Å². The van der Waals surface area contributed by atoms with Crippen LogP contribution in [0.1, 0.15) is 24.1 Å². The Morgan fingerprint density at radius 3 is 2.70 bits per heavy atom. The second-order valence-electron chi connectivity index (χ2n) is 4.76. The maximum Gasteiger partial charge on any atom is 0.312 e. The average molecular weight is 276 g/mol. The highest BCUT2D eigenvalue weighted by atomic mass is 16.6. The predicted octanol–water partition coefficient (Wildman–Crippen LogP) is 1.14. The smallest absolute Gasteiger partial charge is 0.312 e. The molecule has 1 atom stereocenters. The van der Waals surface area contributed by atoms with E-state index >= 15 is 0 Å². The highest BCUT2D eigenvalue weighted by Crippen LogP contribution is 2.37. The Morgan fingerprint density at radius 1 is 1.50 bits per heavy atom. The summed E-state index contributed by atoms with van der Waals surface area (Å²) in [6, 6.07) is 4.35. The van der Waals surface area contributed by atoms with Crippen LogP contribution in [0.2, 0.25) is 0 Å². The van der Waals surface area contributed by atoms with Gasteiger partial charge in [-0.05, 0) is 13.0 Å². The van der Waals surface area contributed by atoms with Gasteiger partial charge in [0.05, 0.1) is 16.6 Å². The predicted molar refractivity (Wildman–Crippen MR) is 72.3 cm³/mol. The van der Waals surface area contributed by atoms with Gasteiger partial charge in [-0.2, -0.15) is 5.26 Å². The summed E-state index contributed by atoms with van der Waals surface area (Å²) >= 11 is 0. The summed E-state index contributed by atoms with van der Waals surface area (Å²) in [5.41, 5.74) is 0.199. The van der Waals surface area contributed by atoms with E-state index in [4.69, 9.17) is 5.26 Å². The molecule has 1 fully saturated rings. The fourth-order valence-electron chi connectivity index (χ4n) is 2.43. The fraction of sp³-hybridized carbons (Fsp3) is 0.462. The monoisotopic (exact) mass is 276 g/mol. The highest BCUT2D eigenvalue weighted by molar-refractivity contribution is 5.56. The quantitative estimate of drug-likeness (QED) is 0.634. The van der Waals surface area contributed by atoms with E-state index < -0.39 is 10.6 Å². The third-order valence-corrected chi connectivity index (χ3v) is 3.59. The van der Waals surface area contributed by atoms with E-state index in [2.05, 4.69) is 10.2 Å². The van der Waals surface area contributed by atoms with Gasteiger partial charge in [-0.15, -0.1) is 0 Å². The minimum absolute atomic E-state index is 0.177. The van der Waals surface area contributed by atoms with Gasteiger partial charge < -0.3 is 10.4 Å². The SMILES string of the molecule is C[C@@H](c1cc(C#N)cc([N+](=O)[O-])c1O)N1CCNCC1. The molecule has 1 heterocycles. The molecule has 1 saturated heterocycles. The zero-order valence-electron chi connectivity index (χ0n) is 11.2. The summed E-state index contributed by atoms with van der Waals surface area (Å²) in [5, 5.41) is 33.2. The Labute approximate surface area is 116 Å². The Bertz CT molecular complexity index is 561. The molecular formula is C13H16N4O3. The summed E-state index contributed by atoms with van der Waals surface area (Å²) in [6.45, 7) is 5.15. The van der Waals surface area contributed by atoms with Crippen LogP contribution in [-0.2, 0) is 0 Å². The van der Waals surface area contributed by atoms with E-state index in [0.29, 0.717) is 5.56 Å². The van der Waals surface area contributed by atoms with Crippen LogP contribution < -0.4 is 5.32 Å². The van der Waals surface area contributed by atoms with Crippen LogP contribution in [0, 0.1) is 21.4 Å². The first kappa shape index (κ1) is 14.2. The Balaban J connectivity index is 2.41. The molecule has 2 N–H and O–H groups in total. The molecule has 0 radical (unpaired) electrons. The number of rotatable bonds is 3. The molecule has 106 valence electrons. The number of nitro benzene ring substituents is 1. The third kappa shape index (κ3) is 2.71. The summed E-state index contributed by atoms with van der Waals surface area (Å²) < 4.78 is 0. The van der Waals surface area contributed by atoms with E-state index in [0.717, 1.165) is 32.2 Å². The number of aromatic hydroxyl groups is 1. The van der Waals surface area contributed by atoms with E-state index in [1.165, 1.54) is 6.07 Å². The van der Waals surface area contributed by atoms with Gasteiger partial charge in [-0.3, -0.25) is 15.0 Å². The van der Waals surface area contributed by atoms with Crippen LogP contribution in [0.4, 0.5) is 5.69 Å². The first-order chi connectivity index (χ1) is 9.54. The molecule has 0 spiro atoms. The maximum absolute atomic E-state index is 11.0. The zero-order chi connectivity index (χ0) is 14.7. The molecule has 0 bridgehead atoms. The Hall–Kier alpha value is -2.17. The summed E-state index contributed by atoms with van der Waals surface area (Å²) in [4.78, 5) is 12.4. The van der Waals surface area contributed by atoms with Gasteiger partial charge >= 0.3 is 5.69 Å². The van der Waals surface area contributed by atoms with Crippen molar-refractivity contribution in [3.63, 3.8) is 0 Å². The number of phenolic OH excluding ortho intramolecular Hbond substituents is 1. The first-order valence-electron chi connectivity index (χ1n) is 6.40. The second-order valence-corrected chi connectivity index (χ2v) is 4.76. The molecule has 0 aliphatic carbocycles. The molecular weight excluding hydrogens is 260 g/mol. The Morgan fingerprint density at radius 2 is 2.15 bits per heavy atom. The van der Waals surface area contributed by atoms with Crippen molar-refractivity contribution in [3.8, 4) is 11.8 Å². The molecule has 1 aromatic carbocycles. The van der Waals surface area contributed by atoms with Gasteiger partial charge in [0.15, 0.2) is 5.75 Å². The molecule has 0 saturated carbocycles.